The fourth-order valence-corrected chi connectivity index (χ4v) is 5.68. The Morgan fingerprint density at radius 1 is 0.931 bits per heavy atom. The van der Waals surface area contributed by atoms with Crippen LogP contribution in [-0.2, 0) is 20.0 Å². The summed E-state index contributed by atoms with van der Waals surface area (Å²) in [4.78, 5) is -0.0450. The zero-order valence-corrected chi connectivity index (χ0v) is 17.8. The summed E-state index contributed by atoms with van der Waals surface area (Å²) >= 11 is 0. The number of sulfonamides is 2. The Morgan fingerprint density at radius 3 is 2.17 bits per heavy atom. The summed E-state index contributed by atoms with van der Waals surface area (Å²) in [5, 5.41) is 0. The molecular weight excluding hydrogens is 420 g/mol. The molecule has 2 aromatic carbocycles. The highest BCUT2D eigenvalue weighted by atomic mass is 32.2. The zero-order chi connectivity index (χ0) is 21.2. The number of benzene rings is 2. The lowest BCUT2D eigenvalue weighted by Gasteiger charge is -2.20. The van der Waals surface area contributed by atoms with Gasteiger partial charge in [-0.25, -0.2) is 16.8 Å². The van der Waals surface area contributed by atoms with Crippen molar-refractivity contribution < 1.29 is 31.0 Å². The van der Waals surface area contributed by atoms with Crippen LogP contribution in [0, 0.1) is 0 Å². The molecule has 0 amide bonds. The van der Waals surface area contributed by atoms with E-state index in [4.69, 9.17) is 14.2 Å². The second kappa shape index (κ2) is 7.99. The van der Waals surface area contributed by atoms with Crippen molar-refractivity contribution in [2.75, 3.05) is 42.7 Å². The van der Waals surface area contributed by atoms with E-state index in [1.165, 1.54) is 56.0 Å². The van der Waals surface area contributed by atoms with Crippen molar-refractivity contribution >= 4 is 31.4 Å². The molecule has 0 spiro atoms. The van der Waals surface area contributed by atoms with Gasteiger partial charge in [-0.1, -0.05) is 0 Å². The lowest BCUT2D eigenvalue weighted by molar-refractivity contribution is 0.354. The van der Waals surface area contributed by atoms with E-state index in [1.54, 1.807) is 6.07 Å². The van der Waals surface area contributed by atoms with Gasteiger partial charge in [-0.15, -0.1) is 0 Å². The minimum atomic E-state index is -4.01. The average Bonchev–Trinajstić information content (AvgIpc) is 3.06. The van der Waals surface area contributed by atoms with Gasteiger partial charge in [-0.3, -0.25) is 9.03 Å². The molecule has 0 radical (unpaired) electrons. The molecule has 0 unspecified atom stereocenters. The molecule has 11 heteroatoms. The molecule has 9 nitrogen and oxygen atoms in total. The van der Waals surface area contributed by atoms with Crippen molar-refractivity contribution in [3.05, 3.63) is 36.4 Å². The van der Waals surface area contributed by atoms with Crippen molar-refractivity contribution in [2.24, 2.45) is 0 Å². The molecule has 0 saturated carbocycles. The lowest BCUT2D eigenvalue weighted by atomic mass is 10.2. The first-order valence-electron chi connectivity index (χ1n) is 8.65. The Balaban J connectivity index is 1.99. The van der Waals surface area contributed by atoms with E-state index in [-0.39, 0.29) is 27.8 Å². The molecule has 1 fully saturated rings. The zero-order valence-electron chi connectivity index (χ0n) is 16.2. The molecule has 3 rings (SSSR count). The number of rotatable bonds is 7. The summed E-state index contributed by atoms with van der Waals surface area (Å²) in [6.45, 7) is 0.344. The van der Waals surface area contributed by atoms with Gasteiger partial charge in [0.2, 0.25) is 10.0 Å². The SMILES string of the molecule is COc1ccc(N2CCCS2(=O)=O)cc1NS(=O)(=O)c1ccc(OC)c(OC)c1. The number of nitrogens with one attached hydrogen (secondary N) is 1. The summed E-state index contributed by atoms with van der Waals surface area (Å²) in [7, 11) is -3.15. The molecule has 1 saturated heterocycles. The van der Waals surface area contributed by atoms with Crippen molar-refractivity contribution in [3.63, 3.8) is 0 Å². The first-order valence-corrected chi connectivity index (χ1v) is 11.7. The standard InChI is InChI=1S/C18H22N2O7S2/c1-25-16-7-5-13(20-9-4-10-28(20,21)22)11-15(16)19-29(23,24)14-6-8-17(26-2)18(12-14)27-3/h5-8,11-12,19H,4,9-10H2,1-3H3. The highest BCUT2D eigenvalue weighted by Crippen LogP contribution is 2.35. The molecule has 0 aliphatic carbocycles. The predicted octanol–water partition coefficient (Wildman–Crippen LogP) is 2.05. The maximum absolute atomic E-state index is 12.9. The lowest BCUT2D eigenvalue weighted by Crippen LogP contribution is -2.25. The van der Waals surface area contributed by atoms with Gasteiger partial charge >= 0.3 is 0 Å². The van der Waals surface area contributed by atoms with Crippen molar-refractivity contribution in [1.29, 1.82) is 0 Å². The Hall–Kier alpha value is -2.66. The van der Waals surface area contributed by atoms with Gasteiger partial charge in [0.15, 0.2) is 11.5 Å². The number of anilines is 2. The molecule has 29 heavy (non-hydrogen) atoms. The molecule has 1 aliphatic heterocycles. The Bertz CT molecular complexity index is 1120. The van der Waals surface area contributed by atoms with Gasteiger partial charge in [0.1, 0.15) is 5.75 Å². The smallest absolute Gasteiger partial charge is 0.262 e. The van der Waals surface area contributed by atoms with E-state index >= 15 is 0 Å². The largest absolute Gasteiger partial charge is 0.495 e. The first-order chi connectivity index (χ1) is 13.7. The van der Waals surface area contributed by atoms with Crippen LogP contribution in [0.15, 0.2) is 41.3 Å². The molecule has 0 atom stereocenters. The average molecular weight is 443 g/mol. The van der Waals surface area contributed by atoms with E-state index in [0.29, 0.717) is 24.4 Å². The summed E-state index contributed by atoms with van der Waals surface area (Å²) < 4.78 is 69.5. The maximum Gasteiger partial charge on any atom is 0.262 e. The summed E-state index contributed by atoms with van der Waals surface area (Å²) in [5.74, 6) is 0.977. The fraction of sp³-hybridized carbons (Fsp3) is 0.333. The van der Waals surface area contributed by atoms with Crippen molar-refractivity contribution in [1.82, 2.24) is 0 Å². The van der Waals surface area contributed by atoms with Crippen molar-refractivity contribution in [3.8, 4) is 17.2 Å². The Kier molecular flexibility index (Phi) is 5.80. The van der Waals surface area contributed by atoms with Gasteiger partial charge in [0.25, 0.3) is 10.0 Å². The van der Waals surface area contributed by atoms with Gasteiger partial charge < -0.3 is 14.2 Å². The molecule has 1 aliphatic rings. The van der Waals surface area contributed by atoms with Crippen LogP contribution >= 0.6 is 0 Å². The van der Waals surface area contributed by atoms with Crippen LogP contribution in [0.5, 0.6) is 17.2 Å². The van der Waals surface area contributed by atoms with Crippen LogP contribution in [0.1, 0.15) is 6.42 Å². The van der Waals surface area contributed by atoms with E-state index in [1.807, 2.05) is 0 Å². The molecule has 158 valence electrons. The molecule has 1 heterocycles. The minimum Gasteiger partial charge on any atom is -0.495 e. The highest BCUT2D eigenvalue weighted by Gasteiger charge is 2.29. The van der Waals surface area contributed by atoms with Crippen LogP contribution in [0.25, 0.3) is 0 Å². The normalized spacial score (nSPS) is 15.8. The molecule has 2 aromatic rings. The van der Waals surface area contributed by atoms with E-state index in [0.717, 1.165) is 0 Å². The van der Waals surface area contributed by atoms with Crippen LogP contribution in [-0.4, -0.2) is 50.5 Å². The quantitative estimate of drug-likeness (QED) is 0.699. The maximum atomic E-state index is 12.9. The highest BCUT2D eigenvalue weighted by molar-refractivity contribution is 7.93. The summed E-state index contributed by atoms with van der Waals surface area (Å²) in [6, 6.07) is 8.75. The van der Waals surface area contributed by atoms with Crippen LogP contribution in [0.4, 0.5) is 11.4 Å². The third-order valence-electron chi connectivity index (χ3n) is 4.48. The van der Waals surface area contributed by atoms with Gasteiger partial charge in [0, 0.05) is 12.6 Å². The molecule has 0 bridgehead atoms. The third-order valence-corrected chi connectivity index (χ3v) is 7.71. The summed E-state index contributed by atoms with van der Waals surface area (Å²) in [6.07, 6.45) is 0.515. The Morgan fingerprint density at radius 2 is 1.59 bits per heavy atom. The molecule has 1 N–H and O–H groups in total. The Labute approximate surface area is 170 Å². The van der Waals surface area contributed by atoms with Gasteiger partial charge in [0.05, 0.1) is 43.4 Å². The summed E-state index contributed by atoms with van der Waals surface area (Å²) in [5.41, 5.74) is 0.496. The number of nitrogens with zero attached hydrogens (tertiary/aromatic N) is 1. The monoisotopic (exact) mass is 442 g/mol. The van der Waals surface area contributed by atoms with Crippen LogP contribution < -0.4 is 23.2 Å². The fourth-order valence-electron chi connectivity index (χ4n) is 3.05. The van der Waals surface area contributed by atoms with E-state index < -0.39 is 20.0 Å². The third kappa shape index (κ3) is 4.20. The second-order valence-electron chi connectivity index (χ2n) is 6.25. The van der Waals surface area contributed by atoms with Gasteiger partial charge in [-0.05, 0) is 36.8 Å². The molecule has 0 aromatic heterocycles. The van der Waals surface area contributed by atoms with Crippen LogP contribution in [0.2, 0.25) is 0 Å². The topological polar surface area (TPSA) is 111 Å². The molecular formula is C18H22N2O7S2. The van der Waals surface area contributed by atoms with E-state index in [2.05, 4.69) is 4.72 Å². The predicted molar refractivity (Wildman–Crippen MR) is 109 cm³/mol. The number of methoxy groups -OCH3 is 3. The number of hydrogen-bond acceptors (Lipinski definition) is 7. The number of ether oxygens (including phenoxy) is 3. The minimum absolute atomic E-state index is 0.0450. The van der Waals surface area contributed by atoms with E-state index in [9.17, 15) is 16.8 Å². The second-order valence-corrected chi connectivity index (χ2v) is 9.94. The number of hydrogen-bond donors (Lipinski definition) is 1. The van der Waals surface area contributed by atoms with Crippen molar-refractivity contribution in [2.45, 2.75) is 11.3 Å². The van der Waals surface area contributed by atoms with Gasteiger partial charge in [-0.2, -0.15) is 0 Å². The van der Waals surface area contributed by atoms with Crippen LogP contribution in [0.3, 0.4) is 0 Å². The first kappa shape index (κ1) is 21.1.